The van der Waals surface area contributed by atoms with Crippen LogP contribution in [0.1, 0.15) is 61.0 Å². The minimum atomic E-state index is -2.71. The number of H-pyrrole nitrogens is 1. The second-order valence-electron chi connectivity index (χ2n) is 10.7. The Kier molecular flexibility index (Phi) is 6.16. The number of aryl methyl sites for hydroxylation is 2. The predicted molar refractivity (Wildman–Crippen MR) is 135 cm³/mol. The molecule has 2 aromatic heterocycles. The van der Waals surface area contributed by atoms with Crippen LogP contribution in [0.15, 0.2) is 30.3 Å². The number of likely N-dealkylation sites (tertiary alicyclic amines) is 2. The zero-order valence-corrected chi connectivity index (χ0v) is 21.0. The molecule has 2 saturated heterocycles. The Bertz CT molecular complexity index is 1230. The van der Waals surface area contributed by atoms with Gasteiger partial charge in [0.1, 0.15) is 0 Å². The van der Waals surface area contributed by atoms with Crippen LogP contribution in [0.4, 0.5) is 8.78 Å². The number of pyridine rings is 1. The summed E-state index contributed by atoms with van der Waals surface area (Å²) in [5.41, 5.74) is 8.19. The first-order valence-electron chi connectivity index (χ1n) is 12.6. The summed E-state index contributed by atoms with van der Waals surface area (Å²) in [6.07, 6.45) is 1.93. The number of aromatic nitrogens is 2. The van der Waals surface area contributed by atoms with Gasteiger partial charge in [0.05, 0.1) is 25.3 Å². The average Bonchev–Trinajstić information content (AvgIpc) is 3.16. The number of halogens is 2. The largest absolute Gasteiger partial charge is 0.354 e. The number of carbonyl (C=O) groups excluding carboxylic acids is 1. The van der Waals surface area contributed by atoms with Gasteiger partial charge in [-0.1, -0.05) is 19.9 Å². The molecule has 3 aromatic rings. The van der Waals surface area contributed by atoms with Crippen molar-refractivity contribution in [3.8, 4) is 11.3 Å². The molecule has 4 heterocycles. The molecular formula is C28H34F2N4O. The van der Waals surface area contributed by atoms with Gasteiger partial charge in [0, 0.05) is 27.9 Å². The van der Waals surface area contributed by atoms with Gasteiger partial charge < -0.3 is 9.88 Å². The van der Waals surface area contributed by atoms with Crippen molar-refractivity contribution in [1.29, 1.82) is 0 Å². The lowest BCUT2D eigenvalue weighted by Gasteiger charge is -2.40. The minimum absolute atomic E-state index is 0.182. The summed E-state index contributed by atoms with van der Waals surface area (Å²) in [7, 11) is 0. The predicted octanol–water partition coefficient (Wildman–Crippen LogP) is 5.63. The average molecular weight is 481 g/mol. The molecule has 5 nitrogen and oxygen atoms in total. The third-order valence-electron chi connectivity index (χ3n) is 7.43. The van der Waals surface area contributed by atoms with Gasteiger partial charge in [-0.2, -0.15) is 0 Å². The topological polar surface area (TPSA) is 52.2 Å². The van der Waals surface area contributed by atoms with Crippen LogP contribution in [0.25, 0.3) is 22.2 Å². The quantitative estimate of drug-likeness (QED) is 0.515. The van der Waals surface area contributed by atoms with Gasteiger partial charge in [-0.3, -0.25) is 14.7 Å². The molecule has 0 atom stereocenters. The number of hydrogen-bond acceptors (Lipinski definition) is 3. The second-order valence-corrected chi connectivity index (χ2v) is 10.7. The van der Waals surface area contributed by atoms with Gasteiger partial charge in [0.25, 0.3) is 5.92 Å². The van der Waals surface area contributed by atoms with Crippen LogP contribution in [0.5, 0.6) is 0 Å². The monoisotopic (exact) mass is 480 g/mol. The van der Waals surface area contributed by atoms with Crippen molar-refractivity contribution in [1.82, 2.24) is 19.8 Å². The smallest absolute Gasteiger partial charge is 0.282 e. The van der Waals surface area contributed by atoms with Crippen molar-refractivity contribution in [2.45, 2.75) is 58.3 Å². The first kappa shape index (κ1) is 23.9. The third kappa shape index (κ3) is 4.83. The fourth-order valence-electron chi connectivity index (χ4n) is 5.69. The van der Waals surface area contributed by atoms with E-state index in [-0.39, 0.29) is 12.5 Å². The van der Waals surface area contributed by atoms with Gasteiger partial charge in [0.2, 0.25) is 5.91 Å². The van der Waals surface area contributed by atoms with E-state index in [1.807, 2.05) is 13.8 Å². The Morgan fingerprint density at radius 2 is 1.77 bits per heavy atom. The number of aromatic amines is 1. The maximum absolute atomic E-state index is 13.1. The molecule has 0 radical (unpaired) electrons. The number of rotatable bonds is 5. The third-order valence-corrected chi connectivity index (χ3v) is 7.43. The molecule has 2 aliphatic rings. The number of hydrogen-bond donors (Lipinski definition) is 1. The van der Waals surface area contributed by atoms with E-state index in [0.717, 1.165) is 42.8 Å². The van der Waals surface area contributed by atoms with Crippen LogP contribution in [0.3, 0.4) is 0 Å². The van der Waals surface area contributed by atoms with E-state index in [2.05, 4.69) is 59.0 Å². The van der Waals surface area contributed by atoms with Crippen LogP contribution in [-0.4, -0.2) is 64.3 Å². The van der Waals surface area contributed by atoms with E-state index in [9.17, 15) is 13.6 Å². The molecular weight excluding hydrogens is 446 g/mol. The van der Waals surface area contributed by atoms with E-state index in [0.29, 0.717) is 11.8 Å². The second kappa shape index (κ2) is 9.01. The lowest BCUT2D eigenvalue weighted by Crippen LogP contribution is -2.60. The summed E-state index contributed by atoms with van der Waals surface area (Å²) in [4.78, 5) is 23.9. The highest BCUT2D eigenvalue weighted by Crippen LogP contribution is 2.38. The zero-order valence-electron chi connectivity index (χ0n) is 21.0. The number of nitrogens with zero attached hydrogens (tertiary/aromatic N) is 3. The Morgan fingerprint density at radius 1 is 1.11 bits per heavy atom. The maximum atomic E-state index is 13.1. The van der Waals surface area contributed by atoms with Crippen molar-refractivity contribution in [3.05, 3.63) is 52.8 Å². The number of fused-ring (bicyclic) bond motifs is 1. The normalized spacial score (nSPS) is 18.9. The van der Waals surface area contributed by atoms with Crippen LogP contribution in [0.2, 0.25) is 0 Å². The fourth-order valence-corrected chi connectivity index (χ4v) is 5.69. The van der Waals surface area contributed by atoms with Crippen LogP contribution < -0.4 is 0 Å². The summed E-state index contributed by atoms with van der Waals surface area (Å²) in [5.74, 6) is -2.09. The molecule has 0 bridgehead atoms. The molecule has 0 unspecified atom stereocenters. The van der Waals surface area contributed by atoms with Crippen molar-refractivity contribution in [3.63, 3.8) is 0 Å². The SMILES string of the molecule is Cc1cc(-c2[nH]c3ccc(C4CCN(CC(=O)N5CC(F)(F)C5)CC4)cc3c2C(C)C)cc(C)n1. The minimum Gasteiger partial charge on any atom is -0.354 e. The first-order valence-corrected chi connectivity index (χ1v) is 12.6. The maximum Gasteiger partial charge on any atom is 0.282 e. The summed E-state index contributed by atoms with van der Waals surface area (Å²) >= 11 is 0. The molecule has 5 rings (SSSR count). The molecule has 35 heavy (non-hydrogen) atoms. The van der Waals surface area contributed by atoms with E-state index in [1.54, 1.807) is 0 Å². The van der Waals surface area contributed by atoms with Gasteiger partial charge in [0.15, 0.2) is 0 Å². The molecule has 7 heteroatoms. The summed E-state index contributed by atoms with van der Waals surface area (Å²) in [5, 5.41) is 1.27. The summed E-state index contributed by atoms with van der Waals surface area (Å²) in [6.45, 7) is 9.54. The highest BCUT2D eigenvalue weighted by molar-refractivity contribution is 5.92. The lowest BCUT2D eigenvalue weighted by atomic mass is 9.87. The molecule has 2 fully saturated rings. The highest BCUT2D eigenvalue weighted by atomic mass is 19.3. The van der Waals surface area contributed by atoms with Crippen LogP contribution in [-0.2, 0) is 4.79 Å². The number of alkyl halides is 2. The number of nitrogens with one attached hydrogen (secondary N) is 1. The van der Waals surface area contributed by atoms with E-state index in [4.69, 9.17) is 0 Å². The number of benzene rings is 1. The number of amides is 1. The Morgan fingerprint density at radius 3 is 2.37 bits per heavy atom. The Balaban J connectivity index is 1.33. The molecule has 2 aliphatic heterocycles. The van der Waals surface area contributed by atoms with Crippen LogP contribution >= 0.6 is 0 Å². The van der Waals surface area contributed by atoms with Gasteiger partial charge >= 0.3 is 0 Å². The van der Waals surface area contributed by atoms with Crippen molar-refractivity contribution in [2.24, 2.45) is 0 Å². The number of carbonyl (C=O) groups is 1. The Hall–Kier alpha value is -2.80. The zero-order chi connectivity index (χ0) is 24.9. The van der Waals surface area contributed by atoms with E-state index < -0.39 is 19.0 Å². The van der Waals surface area contributed by atoms with Gasteiger partial charge in [-0.15, -0.1) is 0 Å². The van der Waals surface area contributed by atoms with Crippen molar-refractivity contribution >= 4 is 16.8 Å². The van der Waals surface area contributed by atoms with Gasteiger partial charge in [-0.25, -0.2) is 8.78 Å². The standard InChI is InChI=1S/C28H34F2N4O/c1-17(2)26-23-13-21(5-6-24(23)32-27(26)22-11-18(3)31-19(4)12-22)20-7-9-33(10-8-20)14-25(35)34-15-28(29,30)16-34/h5-6,11-13,17,20,32H,7-10,14-16H2,1-4H3. The van der Waals surface area contributed by atoms with E-state index in [1.165, 1.54) is 32.7 Å². The van der Waals surface area contributed by atoms with Crippen molar-refractivity contribution < 1.29 is 13.6 Å². The van der Waals surface area contributed by atoms with Gasteiger partial charge in [-0.05, 0) is 87.0 Å². The molecule has 1 N–H and O–H groups in total. The molecule has 0 saturated carbocycles. The molecule has 186 valence electrons. The fraction of sp³-hybridized carbons (Fsp3) is 0.500. The molecule has 1 aromatic carbocycles. The molecule has 0 aliphatic carbocycles. The highest BCUT2D eigenvalue weighted by Gasteiger charge is 2.46. The van der Waals surface area contributed by atoms with Crippen molar-refractivity contribution in [2.75, 3.05) is 32.7 Å². The van der Waals surface area contributed by atoms with E-state index >= 15 is 0 Å². The molecule has 1 amide bonds. The summed E-state index contributed by atoms with van der Waals surface area (Å²) < 4.78 is 26.2. The lowest BCUT2D eigenvalue weighted by molar-refractivity contribution is -0.166. The first-order chi connectivity index (χ1) is 16.6. The molecule has 0 spiro atoms. The number of piperidine rings is 1. The van der Waals surface area contributed by atoms with Crippen LogP contribution in [0, 0.1) is 13.8 Å². The Labute approximate surface area is 205 Å². The summed E-state index contributed by atoms with van der Waals surface area (Å²) in [6, 6.07) is 11.1.